The van der Waals surface area contributed by atoms with Crippen LogP contribution in [0.2, 0.25) is 0 Å². The van der Waals surface area contributed by atoms with Gasteiger partial charge in [0.2, 0.25) is 5.91 Å². The van der Waals surface area contributed by atoms with Gasteiger partial charge in [-0.1, -0.05) is 30.3 Å². The minimum absolute atomic E-state index is 0.106. The van der Waals surface area contributed by atoms with Crippen molar-refractivity contribution in [2.45, 2.75) is 37.7 Å². The number of rotatable bonds is 3. The zero-order valence-corrected chi connectivity index (χ0v) is 12.3. The standard InChI is InChI=1S/C15H21NO2S/c1-11-10-18-12(2)9-16(11)15(17)14(19)8-13-6-4-3-5-7-13/h3-7,11-12,14,19H,8-10H2,1-2H3. The predicted octanol–water partition coefficient (Wildman–Crippen LogP) is 2.16. The molecule has 1 aliphatic heterocycles. The molecule has 4 heteroatoms. The van der Waals surface area contributed by atoms with Crippen LogP contribution >= 0.6 is 12.6 Å². The highest BCUT2D eigenvalue weighted by molar-refractivity contribution is 7.81. The molecule has 0 saturated carbocycles. The van der Waals surface area contributed by atoms with Gasteiger partial charge in [-0.05, 0) is 25.8 Å². The molecule has 1 fully saturated rings. The minimum atomic E-state index is -0.282. The summed E-state index contributed by atoms with van der Waals surface area (Å²) in [6.45, 7) is 5.29. The number of carbonyl (C=O) groups is 1. The Morgan fingerprint density at radius 2 is 2.11 bits per heavy atom. The van der Waals surface area contributed by atoms with Crippen LogP contribution in [0.3, 0.4) is 0 Å². The first-order chi connectivity index (χ1) is 9.08. The van der Waals surface area contributed by atoms with Crippen LogP contribution in [0.4, 0.5) is 0 Å². The van der Waals surface area contributed by atoms with Gasteiger partial charge in [-0.25, -0.2) is 0 Å². The molecule has 1 saturated heterocycles. The van der Waals surface area contributed by atoms with Gasteiger partial charge < -0.3 is 9.64 Å². The molecule has 0 bridgehead atoms. The van der Waals surface area contributed by atoms with E-state index in [9.17, 15) is 4.79 Å². The van der Waals surface area contributed by atoms with Crippen LogP contribution in [0.5, 0.6) is 0 Å². The summed E-state index contributed by atoms with van der Waals surface area (Å²) < 4.78 is 5.55. The summed E-state index contributed by atoms with van der Waals surface area (Å²) >= 11 is 4.48. The third kappa shape index (κ3) is 3.74. The van der Waals surface area contributed by atoms with Crippen molar-refractivity contribution in [2.75, 3.05) is 13.2 Å². The average Bonchev–Trinajstić information content (AvgIpc) is 2.42. The van der Waals surface area contributed by atoms with Gasteiger partial charge in [0.15, 0.2) is 0 Å². The van der Waals surface area contributed by atoms with E-state index in [2.05, 4.69) is 12.6 Å². The molecule has 1 heterocycles. The molecule has 0 N–H and O–H groups in total. The number of nitrogens with zero attached hydrogens (tertiary/aromatic N) is 1. The highest BCUT2D eigenvalue weighted by Gasteiger charge is 2.30. The van der Waals surface area contributed by atoms with E-state index in [1.807, 2.05) is 49.1 Å². The van der Waals surface area contributed by atoms with Gasteiger partial charge in [0.1, 0.15) is 0 Å². The molecule has 1 aromatic rings. The van der Waals surface area contributed by atoms with E-state index in [0.717, 1.165) is 5.56 Å². The Morgan fingerprint density at radius 1 is 1.42 bits per heavy atom. The molecule has 1 amide bonds. The number of morpholine rings is 1. The Hall–Kier alpha value is -1.00. The van der Waals surface area contributed by atoms with Crippen LogP contribution in [0, 0.1) is 0 Å². The summed E-state index contributed by atoms with van der Waals surface area (Å²) in [5.74, 6) is 0.106. The number of hydrogen-bond donors (Lipinski definition) is 1. The van der Waals surface area contributed by atoms with Crippen molar-refractivity contribution in [2.24, 2.45) is 0 Å². The second-order valence-electron chi connectivity index (χ2n) is 5.19. The normalized spacial score (nSPS) is 25.1. The lowest BCUT2D eigenvalue weighted by Gasteiger charge is -2.38. The number of carbonyl (C=O) groups excluding carboxylic acids is 1. The molecular formula is C15H21NO2S. The summed E-state index contributed by atoms with van der Waals surface area (Å²) in [6.07, 6.45) is 0.777. The van der Waals surface area contributed by atoms with Gasteiger partial charge in [-0.15, -0.1) is 0 Å². The highest BCUT2D eigenvalue weighted by Crippen LogP contribution is 2.17. The lowest BCUT2D eigenvalue weighted by Crippen LogP contribution is -2.52. The summed E-state index contributed by atoms with van der Waals surface area (Å²) in [4.78, 5) is 14.3. The Morgan fingerprint density at radius 3 is 2.79 bits per heavy atom. The van der Waals surface area contributed by atoms with Gasteiger partial charge in [0.05, 0.1) is 24.0 Å². The van der Waals surface area contributed by atoms with Crippen molar-refractivity contribution in [3.8, 4) is 0 Å². The fourth-order valence-corrected chi connectivity index (χ4v) is 2.69. The van der Waals surface area contributed by atoms with Crippen molar-refractivity contribution >= 4 is 18.5 Å². The van der Waals surface area contributed by atoms with Crippen molar-refractivity contribution in [1.82, 2.24) is 4.90 Å². The van der Waals surface area contributed by atoms with E-state index in [-0.39, 0.29) is 23.3 Å². The lowest BCUT2D eigenvalue weighted by molar-refractivity contribution is -0.142. The number of amides is 1. The van der Waals surface area contributed by atoms with Crippen molar-refractivity contribution < 1.29 is 9.53 Å². The Kier molecular flexibility index (Phi) is 4.88. The van der Waals surface area contributed by atoms with Crippen LogP contribution in [-0.2, 0) is 16.0 Å². The zero-order valence-electron chi connectivity index (χ0n) is 11.5. The van der Waals surface area contributed by atoms with Gasteiger partial charge >= 0.3 is 0 Å². The third-order valence-corrected chi connectivity index (χ3v) is 3.85. The van der Waals surface area contributed by atoms with Gasteiger partial charge in [-0.3, -0.25) is 4.79 Å². The number of hydrogen-bond acceptors (Lipinski definition) is 3. The molecule has 0 radical (unpaired) electrons. The van der Waals surface area contributed by atoms with Crippen molar-refractivity contribution in [1.29, 1.82) is 0 Å². The summed E-state index contributed by atoms with van der Waals surface area (Å²) in [5, 5.41) is -0.282. The molecule has 0 aromatic heterocycles. The van der Waals surface area contributed by atoms with Gasteiger partial charge in [-0.2, -0.15) is 12.6 Å². The molecule has 1 aliphatic rings. The maximum atomic E-state index is 12.5. The topological polar surface area (TPSA) is 29.5 Å². The summed E-state index contributed by atoms with van der Waals surface area (Å²) in [5.41, 5.74) is 1.14. The molecule has 2 rings (SSSR count). The lowest BCUT2D eigenvalue weighted by atomic mass is 10.1. The zero-order chi connectivity index (χ0) is 13.8. The number of thiol groups is 1. The third-order valence-electron chi connectivity index (χ3n) is 3.45. The van der Waals surface area contributed by atoms with Crippen LogP contribution in [0.25, 0.3) is 0 Å². The molecule has 0 aliphatic carbocycles. The quantitative estimate of drug-likeness (QED) is 0.859. The Balaban J connectivity index is 1.98. The van der Waals surface area contributed by atoms with Crippen LogP contribution in [0.1, 0.15) is 19.4 Å². The van der Waals surface area contributed by atoms with E-state index in [4.69, 9.17) is 4.74 Å². The fraction of sp³-hybridized carbons (Fsp3) is 0.533. The van der Waals surface area contributed by atoms with Crippen molar-refractivity contribution in [3.05, 3.63) is 35.9 Å². The number of ether oxygens (including phenoxy) is 1. The van der Waals surface area contributed by atoms with E-state index in [1.165, 1.54) is 0 Å². The summed E-state index contributed by atoms with van der Waals surface area (Å²) in [6, 6.07) is 10.1. The maximum Gasteiger partial charge on any atom is 0.236 e. The molecule has 19 heavy (non-hydrogen) atoms. The second kappa shape index (κ2) is 6.44. The molecule has 3 atom stereocenters. The smallest absolute Gasteiger partial charge is 0.236 e. The fourth-order valence-electron chi connectivity index (χ4n) is 2.33. The molecule has 1 aromatic carbocycles. The van der Waals surface area contributed by atoms with Crippen LogP contribution in [0.15, 0.2) is 30.3 Å². The van der Waals surface area contributed by atoms with E-state index >= 15 is 0 Å². The molecule has 104 valence electrons. The molecule has 0 spiro atoms. The molecule has 3 nitrogen and oxygen atoms in total. The van der Waals surface area contributed by atoms with Crippen LogP contribution < -0.4 is 0 Å². The van der Waals surface area contributed by atoms with Gasteiger partial charge in [0, 0.05) is 6.54 Å². The van der Waals surface area contributed by atoms with E-state index < -0.39 is 0 Å². The van der Waals surface area contributed by atoms with E-state index in [1.54, 1.807) is 0 Å². The first kappa shape index (κ1) is 14.4. The second-order valence-corrected chi connectivity index (χ2v) is 5.81. The largest absolute Gasteiger partial charge is 0.375 e. The monoisotopic (exact) mass is 279 g/mol. The Bertz CT molecular complexity index is 423. The van der Waals surface area contributed by atoms with Gasteiger partial charge in [0.25, 0.3) is 0 Å². The Labute approximate surface area is 120 Å². The average molecular weight is 279 g/mol. The van der Waals surface area contributed by atoms with E-state index in [0.29, 0.717) is 19.6 Å². The number of benzene rings is 1. The van der Waals surface area contributed by atoms with Crippen LogP contribution in [-0.4, -0.2) is 41.4 Å². The first-order valence-corrected chi connectivity index (χ1v) is 7.23. The predicted molar refractivity (Wildman–Crippen MR) is 79.5 cm³/mol. The minimum Gasteiger partial charge on any atom is -0.375 e. The molecular weight excluding hydrogens is 258 g/mol. The highest BCUT2D eigenvalue weighted by atomic mass is 32.1. The van der Waals surface area contributed by atoms with Crippen molar-refractivity contribution in [3.63, 3.8) is 0 Å². The summed E-state index contributed by atoms with van der Waals surface area (Å²) in [7, 11) is 0. The first-order valence-electron chi connectivity index (χ1n) is 6.72. The molecule has 3 unspecified atom stereocenters. The SMILES string of the molecule is CC1CN(C(=O)C(S)Cc2ccccc2)C(C)CO1. The maximum absolute atomic E-state index is 12.5.